The Morgan fingerprint density at radius 2 is 1.68 bits per heavy atom. The summed E-state index contributed by atoms with van der Waals surface area (Å²) in [7, 11) is 0. The second-order valence-electron chi connectivity index (χ2n) is 6.25. The molecule has 25 heavy (non-hydrogen) atoms. The van der Waals surface area contributed by atoms with E-state index in [2.05, 4.69) is 18.7 Å². The molecule has 1 unspecified atom stereocenters. The van der Waals surface area contributed by atoms with Crippen molar-refractivity contribution in [1.29, 1.82) is 0 Å². The molecular formula is C20H25F2NO2. The summed E-state index contributed by atoms with van der Waals surface area (Å²) < 4.78 is 32.0. The summed E-state index contributed by atoms with van der Waals surface area (Å²) in [5.74, 6) is -1.02. The Hall–Kier alpha value is -1.98. The SMILES string of the molecule is CCN(CC)CCC(C)(O)c1ccc(Oc2ccc(F)cc2F)cc1. The van der Waals surface area contributed by atoms with Crippen molar-refractivity contribution in [2.75, 3.05) is 19.6 Å². The van der Waals surface area contributed by atoms with Gasteiger partial charge in [0.1, 0.15) is 11.6 Å². The number of halogens is 2. The number of nitrogens with zero attached hydrogens (tertiary/aromatic N) is 1. The summed E-state index contributed by atoms with van der Waals surface area (Å²) >= 11 is 0. The van der Waals surface area contributed by atoms with Crippen LogP contribution < -0.4 is 4.74 Å². The van der Waals surface area contributed by atoms with Crippen LogP contribution in [-0.4, -0.2) is 29.6 Å². The lowest BCUT2D eigenvalue weighted by Gasteiger charge is -2.27. The van der Waals surface area contributed by atoms with Crippen LogP contribution in [0.25, 0.3) is 0 Å². The van der Waals surface area contributed by atoms with Crippen LogP contribution in [0.3, 0.4) is 0 Å². The van der Waals surface area contributed by atoms with Crippen molar-refractivity contribution in [2.45, 2.75) is 32.8 Å². The Morgan fingerprint density at radius 3 is 2.24 bits per heavy atom. The van der Waals surface area contributed by atoms with Gasteiger partial charge >= 0.3 is 0 Å². The second kappa shape index (κ2) is 8.41. The lowest BCUT2D eigenvalue weighted by molar-refractivity contribution is 0.0369. The van der Waals surface area contributed by atoms with E-state index in [9.17, 15) is 13.9 Å². The van der Waals surface area contributed by atoms with Gasteiger partial charge in [-0.15, -0.1) is 0 Å². The Labute approximate surface area is 147 Å². The van der Waals surface area contributed by atoms with E-state index in [-0.39, 0.29) is 5.75 Å². The highest BCUT2D eigenvalue weighted by molar-refractivity contribution is 5.35. The highest BCUT2D eigenvalue weighted by Gasteiger charge is 2.23. The highest BCUT2D eigenvalue weighted by atomic mass is 19.1. The molecule has 0 fully saturated rings. The van der Waals surface area contributed by atoms with Gasteiger partial charge in [-0.2, -0.15) is 0 Å². The smallest absolute Gasteiger partial charge is 0.168 e. The summed E-state index contributed by atoms with van der Waals surface area (Å²) in [6.07, 6.45) is 0.613. The second-order valence-corrected chi connectivity index (χ2v) is 6.25. The molecule has 0 aliphatic heterocycles. The third kappa shape index (κ3) is 5.25. The third-order valence-electron chi connectivity index (χ3n) is 4.41. The van der Waals surface area contributed by atoms with Crippen LogP contribution in [-0.2, 0) is 5.60 Å². The molecule has 0 saturated carbocycles. The minimum absolute atomic E-state index is 0.0394. The molecule has 0 aliphatic rings. The van der Waals surface area contributed by atoms with Gasteiger partial charge in [-0.1, -0.05) is 26.0 Å². The largest absolute Gasteiger partial charge is 0.454 e. The molecule has 0 amide bonds. The molecule has 3 nitrogen and oxygen atoms in total. The van der Waals surface area contributed by atoms with E-state index in [0.717, 1.165) is 37.3 Å². The molecule has 0 aromatic heterocycles. The minimum atomic E-state index is -0.956. The van der Waals surface area contributed by atoms with Gasteiger partial charge in [-0.05, 0) is 56.3 Å². The number of hydrogen-bond donors (Lipinski definition) is 1. The minimum Gasteiger partial charge on any atom is -0.454 e. The van der Waals surface area contributed by atoms with Gasteiger partial charge in [-0.3, -0.25) is 0 Å². The lowest BCUT2D eigenvalue weighted by Crippen LogP contribution is -2.31. The summed E-state index contributed by atoms with van der Waals surface area (Å²) in [4.78, 5) is 2.25. The monoisotopic (exact) mass is 349 g/mol. The first kappa shape index (κ1) is 19.3. The molecule has 0 bridgehead atoms. The molecule has 2 aromatic carbocycles. The molecule has 0 saturated heterocycles. The van der Waals surface area contributed by atoms with Crippen molar-refractivity contribution >= 4 is 0 Å². The molecule has 0 heterocycles. The van der Waals surface area contributed by atoms with E-state index in [0.29, 0.717) is 12.2 Å². The van der Waals surface area contributed by atoms with Crippen molar-refractivity contribution in [3.63, 3.8) is 0 Å². The number of benzene rings is 2. The quantitative estimate of drug-likeness (QED) is 0.750. The van der Waals surface area contributed by atoms with Gasteiger partial charge < -0.3 is 14.7 Å². The Bertz CT molecular complexity index is 683. The van der Waals surface area contributed by atoms with Crippen LogP contribution in [0, 0.1) is 11.6 Å². The van der Waals surface area contributed by atoms with Crippen molar-refractivity contribution < 1.29 is 18.6 Å². The maximum absolute atomic E-state index is 13.6. The first-order valence-electron chi connectivity index (χ1n) is 8.54. The number of rotatable bonds is 8. The molecule has 2 aromatic rings. The number of hydrogen-bond acceptors (Lipinski definition) is 3. The molecule has 0 spiro atoms. The van der Waals surface area contributed by atoms with Gasteiger partial charge in [0.25, 0.3) is 0 Å². The van der Waals surface area contributed by atoms with Crippen LogP contribution in [0.15, 0.2) is 42.5 Å². The Kier molecular flexibility index (Phi) is 6.51. The van der Waals surface area contributed by atoms with Gasteiger partial charge in [0.2, 0.25) is 0 Å². The average molecular weight is 349 g/mol. The standard InChI is InChI=1S/C20H25F2NO2/c1-4-23(5-2)13-12-20(3,24)15-6-9-17(10-7-15)25-19-11-8-16(21)14-18(19)22/h6-11,14,24H,4-5,12-13H2,1-3H3. The van der Waals surface area contributed by atoms with E-state index in [4.69, 9.17) is 4.74 Å². The highest BCUT2D eigenvalue weighted by Crippen LogP contribution is 2.29. The van der Waals surface area contributed by atoms with Gasteiger partial charge in [0.05, 0.1) is 5.60 Å². The zero-order valence-electron chi connectivity index (χ0n) is 14.9. The van der Waals surface area contributed by atoms with Gasteiger partial charge in [0, 0.05) is 12.6 Å². The van der Waals surface area contributed by atoms with E-state index in [1.165, 1.54) is 6.07 Å². The predicted molar refractivity (Wildman–Crippen MR) is 94.8 cm³/mol. The maximum Gasteiger partial charge on any atom is 0.168 e. The summed E-state index contributed by atoms with van der Waals surface area (Å²) in [6, 6.07) is 10.0. The zero-order chi connectivity index (χ0) is 18.4. The van der Waals surface area contributed by atoms with Crippen LogP contribution in [0.1, 0.15) is 32.8 Å². The van der Waals surface area contributed by atoms with E-state index in [1.54, 1.807) is 31.2 Å². The molecule has 136 valence electrons. The fraction of sp³-hybridized carbons (Fsp3) is 0.400. The normalized spacial score (nSPS) is 13.7. The molecule has 1 N–H and O–H groups in total. The predicted octanol–water partition coefficient (Wildman–Crippen LogP) is 4.70. The molecule has 2 rings (SSSR count). The molecular weight excluding hydrogens is 324 g/mol. The molecule has 1 atom stereocenters. The lowest BCUT2D eigenvalue weighted by atomic mass is 9.92. The maximum atomic E-state index is 13.6. The van der Waals surface area contributed by atoms with Crippen molar-refractivity contribution in [3.05, 3.63) is 59.7 Å². The van der Waals surface area contributed by atoms with Crippen LogP contribution in [0.4, 0.5) is 8.78 Å². The first-order chi connectivity index (χ1) is 11.9. The Balaban J connectivity index is 2.05. The van der Waals surface area contributed by atoms with Crippen LogP contribution >= 0.6 is 0 Å². The van der Waals surface area contributed by atoms with Crippen LogP contribution in [0.2, 0.25) is 0 Å². The average Bonchev–Trinajstić information content (AvgIpc) is 2.59. The first-order valence-corrected chi connectivity index (χ1v) is 8.54. The van der Waals surface area contributed by atoms with Gasteiger partial charge in [0.15, 0.2) is 11.6 Å². The fourth-order valence-electron chi connectivity index (χ4n) is 2.63. The molecule has 5 heteroatoms. The summed E-state index contributed by atoms with van der Waals surface area (Å²) in [5.41, 5.74) is -0.186. The summed E-state index contributed by atoms with van der Waals surface area (Å²) in [6.45, 7) is 8.67. The van der Waals surface area contributed by atoms with E-state index >= 15 is 0 Å². The molecule has 0 aliphatic carbocycles. The van der Waals surface area contributed by atoms with Crippen molar-refractivity contribution in [1.82, 2.24) is 4.90 Å². The summed E-state index contributed by atoms with van der Waals surface area (Å²) in [5, 5.41) is 10.7. The molecule has 0 radical (unpaired) electrons. The van der Waals surface area contributed by atoms with Crippen molar-refractivity contribution in [3.8, 4) is 11.5 Å². The van der Waals surface area contributed by atoms with E-state index < -0.39 is 17.2 Å². The Morgan fingerprint density at radius 1 is 1.04 bits per heavy atom. The fourth-order valence-corrected chi connectivity index (χ4v) is 2.63. The van der Waals surface area contributed by atoms with Gasteiger partial charge in [-0.25, -0.2) is 8.78 Å². The third-order valence-corrected chi connectivity index (χ3v) is 4.41. The van der Waals surface area contributed by atoms with Crippen LogP contribution in [0.5, 0.6) is 11.5 Å². The van der Waals surface area contributed by atoms with Crippen molar-refractivity contribution in [2.24, 2.45) is 0 Å². The zero-order valence-corrected chi connectivity index (χ0v) is 14.9. The topological polar surface area (TPSA) is 32.7 Å². The number of ether oxygens (including phenoxy) is 1. The number of aliphatic hydroxyl groups is 1. The van der Waals surface area contributed by atoms with E-state index in [1.807, 2.05) is 0 Å².